The third-order valence-electron chi connectivity index (χ3n) is 5.88. The van der Waals surface area contributed by atoms with E-state index in [4.69, 9.17) is 15.2 Å². The molecule has 4 rings (SSSR count). The van der Waals surface area contributed by atoms with Crippen LogP contribution in [0, 0.1) is 5.41 Å². The van der Waals surface area contributed by atoms with E-state index < -0.39 is 12.1 Å². The molecule has 0 fully saturated rings. The molecule has 2 heterocycles. The summed E-state index contributed by atoms with van der Waals surface area (Å²) in [6, 6.07) is 7.17. The topological polar surface area (TPSA) is 97.9 Å². The van der Waals surface area contributed by atoms with Crippen molar-refractivity contribution in [2.24, 2.45) is 5.41 Å². The zero-order chi connectivity index (χ0) is 21.5. The highest BCUT2D eigenvalue weighted by molar-refractivity contribution is 5.67. The van der Waals surface area contributed by atoms with Crippen LogP contribution in [0.15, 0.2) is 30.5 Å². The molecule has 1 aliphatic heterocycles. The number of pyridine rings is 1. The first-order valence-electron chi connectivity index (χ1n) is 10.4. The summed E-state index contributed by atoms with van der Waals surface area (Å²) in [4.78, 5) is 18.7. The van der Waals surface area contributed by atoms with E-state index in [2.05, 4.69) is 4.98 Å². The van der Waals surface area contributed by atoms with Crippen LogP contribution in [0.25, 0.3) is 0 Å². The zero-order valence-electron chi connectivity index (χ0n) is 17.7. The molecule has 1 aliphatic carbocycles. The molecule has 30 heavy (non-hydrogen) atoms. The molecule has 0 bridgehead atoms. The number of amides is 1. The van der Waals surface area contributed by atoms with Crippen molar-refractivity contribution in [1.82, 2.24) is 9.88 Å². The molecule has 0 radical (unpaired) electrons. The number of nitrogens with zero attached hydrogens (tertiary/aromatic N) is 2. The van der Waals surface area contributed by atoms with E-state index in [1.807, 2.05) is 45.0 Å². The Morgan fingerprint density at radius 3 is 2.63 bits per heavy atom. The fourth-order valence-electron chi connectivity index (χ4n) is 4.59. The predicted molar refractivity (Wildman–Crippen MR) is 114 cm³/mol. The zero-order valence-corrected chi connectivity index (χ0v) is 17.7. The maximum absolute atomic E-state index is 12.5. The molecule has 0 saturated carbocycles. The minimum absolute atomic E-state index is 0.141. The molecule has 3 N–H and O–H groups in total. The van der Waals surface area contributed by atoms with Crippen LogP contribution < -0.4 is 15.2 Å². The van der Waals surface area contributed by atoms with Gasteiger partial charge in [0.05, 0.1) is 17.9 Å². The number of aromatic nitrogens is 1. The number of hydrogen-bond donors (Lipinski definition) is 2. The van der Waals surface area contributed by atoms with Crippen LogP contribution in [0.2, 0.25) is 0 Å². The highest BCUT2D eigenvalue weighted by atomic mass is 16.6. The molecule has 1 amide bonds. The summed E-state index contributed by atoms with van der Waals surface area (Å²) in [6.45, 7) is 7.10. The number of carboxylic acid groups (broad SMARTS) is 1. The molecule has 1 aromatic carbocycles. The quantitative estimate of drug-likeness (QED) is 0.739. The predicted octanol–water partition coefficient (Wildman–Crippen LogP) is 4.06. The van der Waals surface area contributed by atoms with Gasteiger partial charge >= 0.3 is 6.09 Å². The fourth-order valence-corrected chi connectivity index (χ4v) is 4.59. The van der Waals surface area contributed by atoms with Gasteiger partial charge in [-0.2, -0.15) is 0 Å². The number of ether oxygens (including phenoxy) is 2. The van der Waals surface area contributed by atoms with Crippen molar-refractivity contribution in [1.29, 1.82) is 0 Å². The molecule has 2 aliphatic rings. The van der Waals surface area contributed by atoms with Crippen molar-refractivity contribution in [2.45, 2.75) is 52.1 Å². The Bertz CT molecular complexity index is 954. The summed E-state index contributed by atoms with van der Waals surface area (Å²) in [5, 5.41) is 10.3. The third-order valence-corrected chi connectivity index (χ3v) is 5.88. The maximum Gasteiger partial charge on any atom is 0.408 e. The minimum Gasteiger partial charge on any atom is -0.486 e. The Labute approximate surface area is 176 Å². The van der Waals surface area contributed by atoms with Crippen LogP contribution in [0.5, 0.6) is 11.5 Å². The lowest BCUT2D eigenvalue weighted by Crippen LogP contribution is -2.49. The van der Waals surface area contributed by atoms with E-state index in [1.165, 1.54) is 5.56 Å². The summed E-state index contributed by atoms with van der Waals surface area (Å²) in [5.74, 6) is 1.22. The van der Waals surface area contributed by atoms with Crippen molar-refractivity contribution < 1.29 is 19.4 Å². The number of benzene rings is 1. The summed E-state index contributed by atoms with van der Waals surface area (Å²) in [7, 11) is 0. The van der Waals surface area contributed by atoms with Crippen molar-refractivity contribution in [3.63, 3.8) is 0 Å². The van der Waals surface area contributed by atoms with Crippen molar-refractivity contribution in [3.05, 3.63) is 47.3 Å². The highest BCUT2D eigenvalue weighted by Crippen LogP contribution is 2.43. The number of fused-ring (bicyclic) bond motifs is 2. The SMILES string of the molecule is CC(C)(C)C(c1cc2c(cn1)OCCO2)N(C(=O)O)C1CCc2cc(N)ccc2C1. The monoisotopic (exact) mass is 411 g/mol. The average Bonchev–Trinajstić information content (AvgIpc) is 2.70. The fraction of sp³-hybridized carbons (Fsp3) is 0.478. The Kier molecular flexibility index (Phi) is 5.22. The second kappa shape index (κ2) is 7.70. The van der Waals surface area contributed by atoms with Crippen molar-refractivity contribution in [3.8, 4) is 11.5 Å². The third kappa shape index (κ3) is 3.88. The van der Waals surface area contributed by atoms with Gasteiger partial charge in [0.15, 0.2) is 11.5 Å². The van der Waals surface area contributed by atoms with Gasteiger partial charge in [0, 0.05) is 17.8 Å². The molecule has 2 atom stereocenters. The van der Waals surface area contributed by atoms with Crippen molar-refractivity contribution >= 4 is 11.8 Å². The highest BCUT2D eigenvalue weighted by Gasteiger charge is 2.41. The van der Waals surface area contributed by atoms with E-state index in [0.29, 0.717) is 36.8 Å². The van der Waals surface area contributed by atoms with Gasteiger partial charge in [-0.05, 0) is 47.9 Å². The molecule has 0 saturated heterocycles. The molecular weight excluding hydrogens is 382 g/mol. The van der Waals surface area contributed by atoms with Gasteiger partial charge in [0.25, 0.3) is 0 Å². The summed E-state index contributed by atoms with van der Waals surface area (Å²) < 4.78 is 11.3. The molecule has 0 spiro atoms. The number of nitrogens with two attached hydrogens (primary N) is 1. The summed E-state index contributed by atoms with van der Waals surface area (Å²) in [5.41, 5.74) is 9.36. The van der Waals surface area contributed by atoms with Gasteiger partial charge in [-0.15, -0.1) is 0 Å². The Morgan fingerprint density at radius 1 is 1.20 bits per heavy atom. The average molecular weight is 412 g/mol. The Morgan fingerprint density at radius 2 is 1.93 bits per heavy atom. The minimum atomic E-state index is -0.935. The number of carbonyl (C=O) groups is 1. The standard InChI is InChI=1S/C23H29N3O4/c1-23(2,3)21(18-12-19-20(13-25-18)30-9-8-29-19)26(22(27)28)17-7-5-14-10-16(24)6-4-15(14)11-17/h4,6,10,12-13,17,21H,5,7-9,11,24H2,1-3H3,(H,27,28). The lowest BCUT2D eigenvalue weighted by atomic mass is 9.80. The van der Waals surface area contributed by atoms with Crippen LogP contribution in [-0.2, 0) is 12.8 Å². The van der Waals surface area contributed by atoms with Crippen LogP contribution in [0.3, 0.4) is 0 Å². The molecule has 2 aromatic rings. The lowest BCUT2D eigenvalue weighted by Gasteiger charge is -2.44. The van der Waals surface area contributed by atoms with E-state index >= 15 is 0 Å². The van der Waals surface area contributed by atoms with Crippen LogP contribution in [0.4, 0.5) is 10.5 Å². The number of rotatable bonds is 3. The number of aryl methyl sites for hydroxylation is 1. The number of anilines is 1. The first-order valence-corrected chi connectivity index (χ1v) is 10.4. The largest absolute Gasteiger partial charge is 0.486 e. The first kappa shape index (κ1) is 20.3. The van der Waals surface area contributed by atoms with Gasteiger partial charge in [0.2, 0.25) is 0 Å². The first-order chi connectivity index (χ1) is 14.2. The van der Waals surface area contributed by atoms with E-state index in [9.17, 15) is 9.90 Å². The van der Waals surface area contributed by atoms with E-state index in [0.717, 1.165) is 24.1 Å². The Hall–Kier alpha value is -2.96. The van der Waals surface area contributed by atoms with Gasteiger partial charge < -0.3 is 20.3 Å². The van der Waals surface area contributed by atoms with Gasteiger partial charge in [-0.1, -0.05) is 26.8 Å². The van der Waals surface area contributed by atoms with Crippen LogP contribution >= 0.6 is 0 Å². The summed E-state index contributed by atoms with van der Waals surface area (Å²) in [6.07, 6.45) is 2.93. The maximum atomic E-state index is 12.5. The van der Waals surface area contributed by atoms with E-state index in [1.54, 1.807) is 11.1 Å². The van der Waals surface area contributed by atoms with Gasteiger partial charge in [-0.3, -0.25) is 9.88 Å². The number of nitrogen functional groups attached to an aromatic ring is 1. The van der Waals surface area contributed by atoms with Crippen LogP contribution in [0.1, 0.15) is 50.1 Å². The second-order valence-corrected chi connectivity index (χ2v) is 9.14. The van der Waals surface area contributed by atoms with Gasteiger partial charge in [0.1, 0.15) is 13.2 Å². The molecule has 160 valence electrons. The molecule has 7 heteroatoms. The Balaban J connectivity index is 1.71. The second-order valence-electron chi connectivity index (χ2n) is 9.14. The molecule has 1 aromatic heterocycles. The number of hydrogen-bond acceptors (Lipinski definition) is 5. The summed E-state index contributed by atoms with van der Waals surface area (Å²) >= 11 is 0. The normalized spacial score (nSPS) is 19.0. The van der Waals surface area contributed by atoms with E-state index in [-0.39, 0.29) is 11.5 Å². The van der Waals surface area contributed by atoms with Crippen molar-refractivity contribution in [2.75, 3.05) is 18.9 Å². The lowest BCUT2D eigenvalue weighted by molar-refractivity contribution is 0.0468. The smallest absolute Gasteiger partial charge is 0.408 e. The molecular formula is C23H29N3O4. The molecule has 7 nitrogen and oxygen atoms in total. The molecule has 2 unspecified atom stereocenters. The van der Waals surface area contributed by atoms with Crippen LogP contribution in [-0.4, -0.2) is 40.3 Å². The van der Waals surface area contributed by atoms with Gasteiger partial charge in [-0.25, -0.2) is 4.79 Å².